The fraction of sp³-hybridized carbons (Fsp3) is 0.500. The fourth-order valence-electron chi connectivity index (χ4n) is 1.97. The Hall–Kier alpha value is -1.30. The van der Waals surface area contributed by atoms with Crippen LogP contribution < -0.4 is 5.32 Å². The van der Waals surface area contributed by atoms with E-state index in [0.717, 1.165) is 37.0 Å². The fourth-order valence-corrected chi connectivity index (χ4v) is 3.17. The normalized spacial score (nSPS) is 16.5. The summed E-state index contributed by atoms with van der Waals surface area (Å²) < 4.78 is 13.6. The molecule has 0 aromatic heterocycles. The van der Waals surface area contributed by atoms with Crippen LogP contribution in [0.2, 0.25) is 0 Å². The van der Waals surface area contributed by atoms with E-state index in [1.165, 1.54) is 12.1 Å². The van der Waals surface area contributed by atoms with E-state index in [-0.39, 0.29) is 5.69 Å². The van der Waals surface area contributed by atoms with Gasteiger partial charge in [-0.15, -0.1) is 0 Å². The zero-order valence-corrected chi connectivity index (χ0v) is 10.7. The summed E-state index contributed by atoms with van der Waals surface area (Å²) in [5.74, 6) is 2.33. The number of rotatable bonds is 4. The molecule has 0 aliphatic carbocycles. The largest absolute Gasteiger partial charge is 0.382 e. The Balaban J connectivity index is 1.94. The minimum absolute atomic E-state index is 0.216. The van der Waals surface area contributed by atoms with E-state index < -0.39 is 10.7 Å². The van der Waals surface area contributed by atoms with Gasteiger partial charge in [-0.3, -0.25) is 10.1 Å². The molecule has 1 aromatic carbocycles. The second kappa shape index (κ2) is 6.04. The second-order valence-corrected chi connectivity index (χ2v) is 5.58. The van der Waals surface area contributed by atoms with Crippen molar-refractivity contribution in [2.45, 2.75) is 12.8 Å². The van der Waals surface area contributed by atoms with E-state index in [4.69, 9.17) is 0 Å². The first-order chi connectivity index (χ1) is 8.66. The van der Waals surface area contributed by atoms with Crippen LogP contribution in [0.1, 0.15) is 12.8 Å². The van der Waals surface area contributed by atoms with Gasteiger partial charge in [0.05, 0.1) is 16.7 Å². The molecular formula is C12H15FN2O2S. The van der Waals surface area contributed by atoms with Gasteiger partial charge in [0.2, 0.25) is 0 Å². The molecule has 0 saturated carbocycles. The average molecular weight is 270 g/mol. The minimum Gasteiger partial charge on any atom is -0.382 e. The molecule has 1 aliphatic rings. The van der Waals surface area contributed by atoms with Gasteiger partial charge in [0.15, 0.2) is 5.82 Å². The van der Waals surface area contributed by atoms with Crippen molar-refractivity contribution in [1.82, 2.24) is 0 Å². The average Bonchev–Trinajstić information content (AvgIpc) is 2.38. The first-order valence-electron chi connectivity index (χ1n) is 5.92. The van der Waals surface area contributed by atoms with Crippen molar-refractivity contribution >= 4 is 23.1 Å². The molecule has 0 unspecified atom stereocenters. The number of non-ortho nitro benzene ring substituents is 1. The lowest BCUT2D eigenvalue weighted by molar-refractivity contribution is -0.385. The van der Waals surface area contributed by atoms with Crippen molar-refractivity contribution < 1.29 is 9.31 Å². The van der Waals surface area contributed by atoms with Crippen LogP contribution in [0.4, 0.5) is 15.8 Å². The van der Waals surface area contributed by atoms with E-state index >= 15 is 0 Å². The molecule has 1 aromatic rings. The molecule has 1 N–H and O–H groups in total. The first kappa shape index (κ1) is 13.1. The molecule has 0 amide bonds. The lowest BCUT2D eigenvalue weighted by atomic mass is 10.0. The van der Waals surface area contributed by atoms with Crippen LogP contribution in [0.25, 0.3) is 0 Å². The van der Waals surface area contributed by atoms with E-state index in [9.17, 15) is 14.5 Å². The van der Waals surface area contributed by atoms with Gasteiger partial charge < -0.3 is 5.32 Å². The quantitative estimate of drug-likeness (QED) is 0.673. The zero-order valence-electron chi connectivity index (χ0n) is 9.89. The van der Waals surface area contributed by atoms with Gasteiger partial charge in [0.25, 0.3) is 5.69 Å². The van der Waals surface area contributed by atoms with Crippen LogP contribution in [0, 0.1) is 21.8 Å². The number of halogens is 1. The number of hydrogen-bond acceptors (Lipinski definition) is 4. The molecule has 1 aliphatic heterocycles. The minimum atomic E-state index is -0.592. The van der Waals surface area contributed by atoms with E-state index in [0.29, 0.717) is 11.6 Å². The zero-order chi connectivity index (χ0) is 13.0. The lowest BCUT2D eigenvalue weighted by Crippen LogP contribution is -2.19. The number of nitrogens with one attached hydrogen (secondary N) is 1. The van der Waals surface area contributed by atoms with Gasteiger partial charge in [-0.2, -0.15) is 11.8 Å². The molecule has 0 bridgehead atoms. The molecule has 2 rings (SSSR count). The van der Waals surface area contributed by atoms with Crippen molar-refractivity contribution in [3.63, 3.8) is 0 Å². The summed E-state index contributed by atoms with van der Waals surface area (Å²) in [6.07, 6.45) is 2.29. The van der Waals surface area contributed by atoms with Gasteiger partial charge >= 0.3 is 0 Å². The van der Waals surface area contributed by atoms with Crippen molar-refractivity contribution in [3.05, 3.63) is 34.1 Å². The van der Waals surface area contributed by atoms with Gasteiger partial charge in [0, 0.05) is 12.6 Å². The third kappa shape index (κ3) is 3.35. The van der Waals surface area contributed by atoms with Crippen LogP contribution in [-0.4, -0.2) is 23.0 Å². The summed E-state index contributed by atoms with van der Waals surface area (Å²) in [4.78, 5) is 9.89. The number of benzene rings is 1. The molecule has 6 heteroatoms. The predicted octanol–water partition coefficient (Wildman–Crippen LogP) is 3.29. The van der Waals surface area contributed by atoms with Gasteiger partial charge in [-0.1, -0.05) is 0 Å². The summed E-state index contributed by atoms with van der Waals surface area (Å²) in [5.41, 5.74) is 0.131. The highest BCUT2D eigenvalue weighted by Gasteiger charge is 2.15. The Kier molecular flexibility index (Phi) is 4.41. The van der Waals surface area contributed by atoms with Crippen molar-refractivity contribution in [3.8, 4) is 0 Å². The van der Waals surface area contributed by atoms with Gasteiger partial charge in [0.1, 0.15) is 0 Å². The van der Waals surface area contributed by atoms with Crippen LogP contribution in [0.5, 0.6) is 0 Å². The molecule has 0 radical (unpaired) electrons. The molecular weight excluding hydrogens is 255 g/mol. The maximum Gasteiger partial charge on any atom is 0.272 e. The highest BCUT2D eigenvalue weighted by Crippen LogP contribution is 2.25. The summed E-state index contributed by atoms with van der Waals surface area (Å²) >= 11 is 1.95. The lowest BCUT2D eigenvalue weighted by Gasteiger charge is -2.22. The van der Waals surface area contributed by atoms with E-state index in [2.05, 4.69) is 5.32 Å². The number of thioether (sulfide) groups is 1. The number of nitro groups is 1. The number of hydrogen-bond donors (Lipinski definition) is 1. The Labute approximate surface area is 109 Å². The third-order valence-corrected chi connectivity index (χ3v) is 4.13. The van der Waals surface area contributed by atoms with E-state index in [1.807, 2.05) is 11.8 Å². The van der Waals surface area contributed by atoms with Crippen LogP contribution in [0.15, 0.2) is 18.2 Å². The summed E-state index contributed by atoms with van der Waals surface area (Å²) in [6.45, 7) is 0.731. The Morgan fingerprint density at radius 3 is 2.78 bits per heavy atom. The predicted molar refractivity (Wildman–Crippen MR) is 71.6 cm³/mol. The number of anilines is 1. The molecule has 1 heterocycles. The molecule has 4 nitrogen and oxygen atoms in total. The second-order valence-electron chi connectivity index (χ2n) is 4.36. The van der Waals surface area contributed by atoms with Crippen molar-refractivity contribution in [2.24, 2.45) is 5.92 Å². The van der Waals surface area contributed by atoms with E-state index in [1.54, 1.807) is 0 Å². The third-order valence-electron chi connectivity index (χ3n) is 3.09. The molecule has 18 heavy (non-hydrogen) atoms. The SMILES string of the molecule is O=[N+]([O-])c1ccc(NCC2CCSCC2)c(F)c1. The summed E-state index contributed by atoms with van der Waals surface area (Å²) in [5, 5.41) is 13.5. The van der Waals surface area contributed by atoms with Crippen molar-refractivity contribution in [1.29, 1.82) is 0 Å². The highest BCUT2D eigenvalue weighted by atomic mass is 32.2. The maximum absolute atomic E-state index is 13.6. The Morgan fingerprint density at radius 1 is 1.44 bits per heavy atom. The molecule has 98 valence electrons. The molecule has 1 fully saturated rings. The van der Waals surface area contributed by atoms with Crippen molar-refractivity contribution in [2.75, 3.05) is 23.4 Å². The maximum atomic E-state index is 13.6. The smallest absolute Gasteiger partial charge is 0.272 e. The summed E-state index contributed by atoms with van der Waals surface area (Å²) in [6, 6.07) is 3.71. The van der Waals surface area contributed by atoms with Crippen LogP contribution >= 0.6 is 11.8 Å². The number of nitro benzene ring substituents is 1. The molecule has 0 atom stereocenters. The van der Waals surface area contributed by atoms with Gasteiger partial charge in [-0.25, -0.2) is 4.39 Å². The topological polar surface area (TPSA) is 55.2 Å². The Bertz CT molecular complexity index is 436. The number of nitrogens with zero attached hydrogens (tertiary/aromatic N) is 1. The monoisotopic (exact) mass is 270 g/mol. The van der Waals surface area contributed by atoms with Gasteiger partial charge in [-0.05, 0) is 36.3 Å². The molecule has 1 saturated heterocycles. The first-order valence-corrected chi connectivity index (χ1v) is 7.08. The van der Waals surface area contributed by atoms with Crippen LogP contribution in [0.3, 0.4) is 0 Å². The molecule has 0 spiro atoms. The van der Waals surface area contributed by atoms with Crippen LogP contribution in [-0.2, 0) is 0 Å². The standard InChI is InChI=1S/C12H15FN2O2S/c13-11-7-10(15(16)17)1-2-12(11)14-8-9-3-5-18-6-4-9/h1-2,7,9,14H,3-6,8H2. The highest BCUT2D eigenvalue weighted by molar-refractivity contribution is 7.99. The summed E-state index contributed by atoms with van der Waals surface area (Å²) in [7, 11) is 0. The Morgan fingerprint density at radius 2 is 2.17 bits per heavy atom.